The molecule has 122 valence electrons. The van der Waals surface area contributed by atoms with Gasteiger partial charge in [0.1, 0.15) is 11.6 Å². The molecule has 0 atom stereocenters. The van der Waals surface area contributed by atoms with Gasteiger partial charge in [0.05, 0.1) is 11.0 Å². The Morgan fingerprint density at radius 2 is 1.88 bits per heavy atom. The lowest BCUT2D eigenvalue weighted by molar-refractivity contribution is 0.630. The van der Waals surface area contributed by atoms with Crippen LogP contribution in [0.2, 0.25) is 0 Å². The zero-order valence-electron chi connectivity index (χ0n) is 13.7. The van der Waals surface area contributed by atoms with Crippen molar-refractivity contribution in [3.63, 3.8) is 0 Å². The zero-order chi connectivity index (χ0) is 17.0. The minimum Gasteiger partial charge on any atom is -0.324 e. The van der Waals surface area contributed by atoms with Gasteiger partial charge < -0.3 is 4.57 Å². The third-order valence-corrected chi connectivity index (χ3v) is 5.87. The molecule has 2 aromatic heterocycles. The minimum absolute atomic E-state index is 0.193. The smallest absolute Gasteiger partial charge is 0.142 e. The number of nitrogens with zero attached hydrogens (tertiary/aromatic N) is 2. The molecule has 5 rings (SSSR count). The van der Waals surface area contributed by atoms with E-state index in [9.17, 15) is 4.39 Å². The largest absolute Gasteiger partial charge is 0.324 e. The predicted octanol–water partition coefficient (Wildman–Crippen LogP) is 6.23. The van der Waals surface area contributed by atoms with Crippen LogP contribution in [-0.2, 0) is 6.54 Å². The molecule has 5 aromatic rings. The van der Waals surface area contributed by atoms with E-state index in [2.05, 4.69) is 35.8 Å². The van der Waals surface area contributed by atoms with Crippen LogP contribution in [-0.4, -0.2) is 9.55 Å². The van der Waals surface area contributed by atoms with Crippen molar-refractivity contribution in [1.82, 2.24) is 9.55 Å². The van der Waals surface area contributed by atoms with Gasteiger partial charge in [0.15, 0.2) is 0 Å². The first-order chi connectivity index (χ1) is 12.3. The van der Waals surface area contributed by atoms with Crippen molar-refractivity contribution < 1.29 is 4.39 Å². The molecule has 0 saturated heterocycles. The van der Waals surface area contributed by atoms with E-state index in [0.29, 0.717) is 0 Å². The van der Waals surface area contributed by atoms with Gasteiger partial charge in [-0.25, -0.2) is 9.37 Å². The molecule has 0 amide bonds. The van der Waals surface area contributed by atoms with Crippen molar-refractivity contribution >= 4 is 42.5 Å². The average Bonchev–Trinajstić information content (AvgIpc) is 3.18. The van der Waals surface area contributed by atoms with Crippen molar-refractivity contribution in [1.29, 1.82) is 0 Å². The lowest BCUT2D eigenvalue weighted by atomic mass is 10.1. The Bertz CT molecular complexity index is 1250. The predicted molar refractivity (Wildman–Crippen MR) is 104 cm³/mol. The van der Waals surface area contributed by atoms with Crippen molar-refractivity contribution in [3.05, 3.63) is 66.5 Å². The van der Waals surface area contributed by atoms with Crippen molar-refractivity contribution in [2.45, 2.75) is 13.5 Å². The number of aryl methyl sites for hydroxylation is 1. The Kier molecular flexibility index (Phi) is 3.15. The topological polar surface area (TPSA) is 17.8 Å². The molecule has 25 heavy (non-hydrogen) atoms. The molecule has 0 aliphatic heterocycles. The van der Waals surface area contributed by atoms with E-state index in [1.54, 1.807) is 17.4 Å². The summed E-state index contributed by atoms with van der Waals surface area (Å²) in [5, 5.41) is 2.26. The highest BCUT2D eigenvalue weighted by Crippen LogP contribution is 2.40. The highest BCUT2D eigenvalue weighted by atomic mass is 32.1. The van der Waals surface area contributed by atoms with Crippen LogP contribution in [0.4, 0.5) is 4.39 Å². The summed E-state index contributed by atoms with van der Waals surface area (Å²) >= 11 is 1.63. The molecule has 2 nitrogen and oxygen atoms in total. The number of para-hydroxylation sites is 2. The van der Waals surface area contributed by atoms with Gasteiger partial charge in [0.25, 0.3) is 0 Å². The van der Waals surface area contributed by atoms with E-state index in [4.69, 9.17) is 4.98 Å². The first-order valence-electron chi connectivity index (χ1n) is 8.32. The molecular formula is C21H15FN2S. The fourth-order valence-electron chi connectivity index (χ4n) is 3.55. The maximum atomic E-state index is 13.6. The molecule has 0 aliphatic carbocycles. The van der Waals surface area contributed by atoms with E-state index < -0.39 is 0 Å². The van der Waals surface area contributed by atoms with Crippen LogP contribution in [0.3, 0.4) is 0 Å². The van der Waals surface area contributed by atoms with Gasteiger partial charge in [-0.05, 0) is 37.3 Å². The minimum atomic E-state index is -0.193. The number of fused-ring (bicyclic) bond motifs is 4. The van der Waals surface area contributed by atoms with E-state index in [-0.39, 0.29) is 5.82 Å². The Morgan fingerprint density at radius 1 is 1.00 bits per heavy atom. The molecule has 0 spiro atoms. The van der Waals surface area contributed by atoms with Crippen molar-refractivity contribution in [2.24, 2.45) is 0 Å². The number of thiophene rings is 1. The maximum absolute atomic E-state index is 13.6. The van der Waals surface area contributed by atoms with E-state index >= 15 is 0 Å². The van der Waals surface area contributed by atoms with Crippen LogP contribution >= 0.6 is 11.3 Å². The van der Waals surface area contributed by atoms with Crippen LogP contribution in [0.1, 0.15) is 6.92 Å². The first-order valence-corrected chi connectivity index (χ1v) is 9.14. The highest BCUT2D eigenvalue weighted by molar-refractivity contribution is 7.26. The molecule has 0 radical (unpaired) electrons. The van der Waals surface area contributed by atoms with Crippen molar-refractivity contribution in [2.75, 3.05) is 0 Å². The SMILES string of the molecule is CCn1c(-c2cccc3c2sc2cc(F)ccc23)nc2ccccc21. The quantitative estimate of drug-likeness (QED) is 0.370. The number of benzene rings is 3. The lowest BCUT2D eigenvalue weighted by Crippen LogP contribution is -1.97. The second kappa shape index (κ2) is 5.39. The number of imidazole rings is 1. The third kappa shape index (κ3) is 2.11. The fourth-order valence-corrected chi connectivity index (χ4v) is 4.79. The van der Waals surface area contributed by atoms with Crippen molar-refractivity contribution in [3.8, 4) is 11.4 Å². The molecule has 0 saturated carbocycles. The van der Waals surface area contributed by atoms with Gasteiger partial charge in [-0.15, -0.1) is 11.3 Å². The zero-order valence-corrected chi connectivity index (χ0v) is 14.5. The Morgan fingerprint density at radius 3 is 2.76 bits per heavy atom. The Hall–Kier alpha value is -2.72. The molecule has 0 aliphatic rings. The maximum Gasteiger partial charge on any atom is 0.142 e. The highest BCUT2D eigenvalue weighted by Gasteiger charge is 2.16. The standard InChI is InChI=1S/C21H15FN2S/c1-2-24-18-9-4-3-8-17(18)23-21(24)16-7-5-6-15-14-11-10-13(22)12-19(14)25-20(15)16/h3-12H,2H2,1H3. The summed E-state index contributed by atoms with van der Waals surface area (Å²) in [7, 11) is 0. The molecule has 2 heterocycles. The van der Waals surface area contributed by atoms with Crippen LogP contribution in [0.5, 0.6) is 0 Å². The summed E-state index contributed by atoms with van der Waals surface area (Å²) in [6.07, 6.45) is 0. The molecule has 0 bridgehead atoms. The molecule has 0 N–H and O–H groups in total. The first kappa shape index (κ1) is 14.6. The van der Waals surface area contributed by atoms with Gasteiger partial charge in [-0.2, -0.15) is 0 Å². The number of hydrogen-bond donors (Lipinski definition) is 0. The lowest BCUT2D eigenvalue weighted by Gasteiger charge is -2.07. The monoisotopic (exact) mass is 346 g/mol. The number of halogens is 1. The van der Waals surface area contributed by atoms with Gasteiger partial charge in [-0.1, -0.05) is 30.3 Å². The van der Waals surface area contributed by atoms with Gasteiger partial charge in [-0.3, -0.25) is 0 Å². The molecule has 3 aromatic carbocycles. The van der Waals surface area contributed by atoms with E-state index in [0.717, 1.165) is 49.1 Å². The van der Waals surface area contributed by atoms with Gasteiger partial charge in [0, 0.05) is 32.3 Å². The van der Waals surface area contributed by atoms with Gasteiger partial charge in [0.2, 0.25) is 0 Å². The second-order valence-electron chi connectivity index (χ2n) is 6.09. The fraction of sp³-hybridized carbons (Fsp3) is 0.0952. The summed E-state index contributed by atoms with van der Waals surface area (Å²) in [6.45, 7) is 2.99. The van der Waals surface area contributed by atoms with Gasteiger partial charge >= 0.3 is 0 Å². The van der Waals surface area contributed by atoms with Crippen LogP contribution in [0.15, 0.2) is 60.7 Å². The summed E-state index contributed by atoms with van der Waals surface area (Å²) in [4.78, 5) is 4.89. The normalized spacial score (nSPS) is 11.8. The average molecular weight is 346 g/mol. The van der Waals surface area contributed by atoms with Crippen LogP contribution in [0.25, 0.3) is 42.6 Å². The van der Waals surface area contributed by atoms with E-state index in [1.165, 1.54) is 6.07 Å². The van der Waals surface area contributed by atoms with Crippen LogP contribution < -0.4 is 0 Å². The summed E-state index contributed by atoms with van der Waals surface area (Å²) in [5.74, 6) is 0.780. The molecular weight excluding hydrogens is 331 g/mol. The summed E-state index contributed by atoms with van der Waals surface area (Å²) in [6, 6.07) is 19.5. The van der Waals surface area contributed by atoms with E-state index in [1.807, 2.05) is 24.3 Å². The summed E-state index contributed by atoms with van der Waals surface area (Å²) in [5.41, 5.74) is 3.25. The molecule has 4 heteroatoms. The van der Waals surface area contributed by atoms with Crippen LogP contribution in [0, 0.1) is 5.82 Å². The second-order valence-corrected chi connectivity index (χ2v) is 7.15. The number of rotatable bonds is 2. The third-order valence-electron chi connectivity index (χ3n) is 4.67. The number of hydrogen-bond acceptors (Lipinski definition) is 2. The summed E-state index contributed by atoms with van der Waals surface area (Å²) < 4.78 is 18.0. The number of aromatic nitrogens is 2. The molecule has 0 unspecified atom stereocenters. The molecule has 0 fully saturated rings. The Labute approximate surface area is 148 Å². The Balaban J connectivity index is 1.88.